The summed E-state index contributed by atoms with van der Waals surface area (Å²) in [7, 11) is 0. The van der Waals surface area contributed by atoms with Gasteiger partial charge in [-0.3, -0.25) is 10.1 Å². The van der Waals surface area contributed by atoms with Crippen molar-refractivity contribution >= 4 is 5.97 Å². The predicted octanol–water partition coefficient (Wildman–Crippen LogP) is 2.44. The van der Waals surface area contributed by atoms with Gasteiger partial charge in [-0.2, -0.15) is 0 Å². The van der Waals surface area contributed by atoms with E-state index in [4.69, 9.17) is 9.47 Å². The first-order valence-corrected chi connectivity index (χ1v) is 7.48. The Labute approximate surface area is 123 Å². The van der Waals surface area contributed by atoms with Crippen LogP contribution in [0.1, 0.15) is 53.9 Å². The molecule has 0 saturated heterocycles. The largest absolute Gasteiger partial charge is 0.480 e. The molecule has 0 aromatic rings. The molecule has 120 valence electrons. The average molecular weight is 289 g/mol. The van der Waals surface area contributed by atoms with Gasteiger partial charge in [-0.25, -0.2) is 0 Å². The molecule has 0 saturated carbocycles. The first-order valence-electron chi connectivity index (χ1n) is 7.48. The third-order valence-corrected chi connectivity index (χ3v) is 2.97. The van der Waals surface area contributed by atoms with Gasteiger partial charge in [-0.1, -0.05) is 0 Å². The van der Waals surface area contributed by atoms with Gasteiger partial charge < -0.3 is 14.6 Å². The number of carboxylic acid groups (broad SMARTS) is 1. The molecule has 0 bridgehead atoms. The summed E-state index contributed by atoms with van der Waals surface area (Å²) in [5.41, 5.74) is -0.852. The summed E-state index contributed by atoms with van der Waals surface area (Å²) < 4.78 is 10.8. The van der Waals surface area contributed by atoms with Crippen LogP contribution in [-0.4, -0.2) is 48.6 Å². The van der Waals surface area contributed by atoms with Crippen LogP contribution in [-0.2, 0) is 14.3 Å². The number of carboxylic acids is 1. The van der Waals surface area contributed by atoms with E-state index in [-0.39, 0.29) is 12.1 Å². The zero-order chi connectivity index (χ0) is 15.6. The van der Waals surface area contributed by atoms with E-state index in [1.54, 1.807) is 6.92 Å². The minimum atomic E-state index is -0.852. The molecule has 2 N–H and O–H groups in total. The maximum atomic E-state index is 11.3. The molecule has 0 amide bonds. The van der Waals surface area contributed by atoms with Crippen LogP contribution in [0.5, 0.6) is 0 Å². The molecular formula is C15H31NO4. The minimum Gasteiger partial charge on any atom is -0.480 e. The van der Waals surface area contributed by atoms with Crippen molar-refractivity contribution in [2.24, 2.45) is 0 Å². The van der Waals surface area contributed by atoms with Crippen molar-refractivity contribution in [1.29, 1.82) is 0 Å². The number of rotatable bonds is 12. The number of hydrogen-bond donors (Lipinski definition) is 2. The summed E-state index contributed by atoms with van der Waals surface area (Å²) in [6.07, 6.45) is 2.53. The fraction of sp³-hybridized carbons (Fsp3) is 0.933. The summed E-state index contributed by atoms with van der Waals surface area (Å²) in [5.74, 6) is -0.794. The van der Waals surface area contributed by atoms with E-state index in [0.717, 1.165) is 12.8 Å². The van der Waals surface area contributed by atoms with Crippen LogP contribution in [0.3, 0.4) is 0 Å². The molecule has 0 heterocycles. The summed E-state index contributed by atoms with van der Waals surface area (Å²) in [5, 5.41) is 12.4. The Kier molecular flexibility index (Phi) is 9.80. The number of carbonyl (C=O) groups is 1. The highest BCUT2D eigenvalue weighted by atomic mass is 16.5. The summed E-state index contributed by atoms with van der Waals surface area (Å²) in [6, 6.07) is 0.153. The van der Waals surface area contributed by atoms with Crippen LogP contribution in [0, 0.1) is 0 Å². The predicted molar refractivity (Wildman–Crippen MR) is 80.1 cm³/mol. The van der Waals surface area contributed by atoms with Gasteiger partial charge in [0.15, 0.2) is 0 Å². The van der Waals surface area contributed by atoms with Gasteiger partial charge in [-0.15, -0.1) is 0 Å². The molecule has 1 atom stereocenters. The highest BCUT2D eigenvalue weighted by molar-refractivity contribution is 5.78. The van der Waals surface area contributed by atoms with Crippen molar-refractivity contribution in [3.8, 4) is 0 Å². The first-order chi connectivity index (χ1) is 9.28. The maximum absolute atomic E-state index is 11.3. The molecule has 5 heteroatoms. The van der Waals surface area contributed by atoms with Gasteiger partial charge in [-0.05, 0) is 53.9 Å². The van der Waals surface area contributed by atoms with Crippen molar-refractivity contribution in [2.45, 2.75) is 71.6 Å². The van der Waals surface area contributed by atoms with Gasteiger partial charge in [0.2, 0.25) is 0 Å². The molecule has 0 aromatic carbocycles. The highest BCUT2D eigenvalue weighted by Gasteiger charge is 2.32. The standard InChI is InChI=1S/C15H31NO4/c1-12(2)16-15(5,14(17)18)8-6-7-9-19-10-11-20-13(3)4/h12-13,16H,6-11H2,1-5H3,(H,17,18). The Hall–Kier alpha value is -0.650. The molecular weight excluding hydrogens is 258 g/mol. The van der Waals surface area contributed by atoms with Crippen LogP contribution >= 0.6 is 0 Å². The lowest BCUT2D eigenvalue weighted by atomic mass is 9.94. The Morgan fingerprint density at radius 1 is 1.15 bits per heavy atom. The third-order valence-electron chi connectivity index (χ3n) is 2.97. The van der Waals surface area contributed by atoms with E-state index in [1.807, 2.05) is 27.7 Å². The van der Waals surface area contributed by atoms with Gasteiger partial charge in [0.1, 0.15) is 5.54 Å². The Morgan fingerprint density at radius 2 is 1.80 bits per heavy atom. The maximum Gasteiger partial charge on any atom is 0.323 e. The van der Waals surface area contributed by atoms with E-state index in [0.29, 0.717) is 26.2 Å². The van der Waals surface area contributed by atoms with E-state index < -0.39 is 11.5 Å². The lowest BCUT2D eigenvalue weighted by Crippen LogP contribution is -2.52. The molecule has 1 unspecified atom stereocenters. The Morgan fingerprint density at radius 3 is 2.30 bits per heavy atom. The Bertz CT molecular complexity index is 269. The quantitative estimate of drug-likeness (QED) is 0.540. The van der Waals surface area contributed by atoms with Gasteiger partial charge in [0, 0.05) is 12.6 Å². The number of hydrogen-bond acceptors (Lipinski definition) is 4. The lowest BCUT2D eigenvalue weighted by Gasteiger charge is -2.28. The smallest absolute Gasteiger partial charge is 0.323 e. The second-order valence-corrected chi connectivity index (χ2v) is 5.93. The molecule has 5 nitrogen and oxygen atoms in total. The molecule has 0 aliphatic heterocycles. The zero-order valence-corrected chi connectivity index (χ0v) is 13.6. The molecule has 0 spiro atoms. The molecule has 0 aliphatic rings. The zero-order valence-electron chi connectivity index (χ0n) is 13.6. The van der Waals surface area contributed by atoms with Crippen molar-refractivity contribution in [1.82, 2.24) is 5.32 Å². The van der Waals surface area contributed by atoms with Crippen molar-refractivity contribution in [3.63, 3.8) is 0 Å². The summed E-state index contributed by atoms with van der Waals surface area (Å²) in [6.45, 7) is 11.5. The normalized spacial score (nSPS) is 14.8. The first kappa shape index (κ1) is 19.4. The third kappa shape index (κ3) is 9.28. The number of aliphatic carboxylic acids is 1. The molecule has 0 fully saturated rings. The SMILES string of the molecule is CC(C)NC(C)(CCCCOCCOC(C)C)C(=O)O. The molecule has 0 rings (SSSR count). The molecule has 20 heavy (non-hydrogen) atoms. The van der Waals surface area contributed by atoms with E-state index >= 15 is 0 Å². The van der Waals surface area contributed by atoms with Crippen molar-refractivity contribution in [3.05, 3.63) is 0 Å². The molecule has 0 aromatic heterocycles. The van der Waals surface area contributed by atoms with E-state index in [9.17, 15) is 9.90 Å². The summed E-state index contributed by atoms with van der Waals surface area (Å²) >= 11 is 0. The van der Waals surface area contributed by atoms with Crippen molar-refractivity contribution < 1.29 is 19.4 Å². The second kappa shape index (κ2) is 10.1. The number of unbranched alkanes of at least 4 members (excludes halogenated alkanes) is 1. The highest BCUT2D eigenvalue weighted by Crippen LogP contribution is 2.15. The molecule has 0 aliphatic carbocycles. The van der Waals surface area contributed by atoms with Gasteiger partial charge in [0.05, 0.1) is 19.3 Å². The van der Waals surface area contributed by atoms with Crippen LogP contribution in [0.4, 0.5) is 0 Å². The van der Waals surface area contributed by atoms with Crippen molar-refractivity contribution in [2.75, 3.05) is 19.8 Å². The monoisotopic (exact) mass is 289 g/mol. The van der Waals surface area contributed by atoms with Crippen LogP contribution in [0.25, 0.3) is 0 Å². The van der Waals surface area contributed by atoms with Crippen LogP contribution < -0.4 is 5.32 Å². The number of ether oxygens (including phenoxy) is 2. The van der Waals surface area contributed by atoms with E-state index in [1.165, 1.54) is 0 Å². The topological polar surface area (TPSA) is 67.8 Å². The van der Waals surface area contributed by atoms with Crippen LogP contribution in [0.2, 0.25) is 0 Å². The van der Waals surface area contributed by atoms with E-state index in [2.05, 4.69) is 5.32 Å². The van der Waals surface area contributed by atoms with Gasteiger partial charge >= 0.3 is 5.97 Å². The number of nitrogens with one attached hydrogen (secondary N) is 1. The lowest BCUT2D eigenvalue weighted by molar-refractivity contribution is -0.144. The van der Waals surface area contributed by atoms with Gasteiger partial charge in [0.25, 0.3) is 0 Å². The van der Waals surface area contributed by atoms with Crippen LogP contribution in [0.15, 0.2) is 0 Å². The average Bonchev–Trinajstić information content (AvgIpc) is 2.31. The minimum absolute atomic E-state index is 0.153. The fourth-order valence-corrected chi connectivity index (χ4v) is 2.01. The second-order valence-electron chi connectivity index (χ2n) is 5.93. The summed E-state index contributed by atoms with van der Waals surface area (Å²) in [4.78, 5) is 11.3. The Balaban J connectivity index is 3.72. The molecule has 0 radical (unpaired) electrons. The fourth-order valence-electron chi connectivity index (χ4n) is 2.01.